The fraction of sp³-hybridized carbons (Fsp3) is 0.250. The van der Waals surface area contributed by atoms with Crippen molar-refractivity contribution in [2.24, 2.45) is 0 Å². The molecular formula is C16H18FN7O. The third kappa shape index (κ3) is 4.00. The smallest absolute Gasteiger partial charge is 0.319 e. The number of rotatable bonds is 6. The lowest BCUT2D eigenvalue weighted by Gasteiger charge is -2.12. The summed E-state index contributed by atoms with van der Waals surface area (Å²) >= 11 is 0. The Kier molecular flexibility index (Phi) is 5.03. The second kappa shape index (κ2) is 7.56. The molecular weight excluding hydrogens is 325 g/mol. The van der Waals surface area contributed by atoms with E-state index in [1.807, 2.05) is 11.5 Å². The zero-order valence-electron chi connectivity index (χ0n) is 13.7. The van der Waals surface area contributed by atoms with Gasteiger partial charge in [0, 0.05) is 31.9 Å². The second-order valence-corrected chi connectivity index (χ2v) is 5.29. The van der Waals surface area contributed by atoms with Gasteiger partial charge in [-0.15, -0.1) is 10.2 Å². The van der Waals surface area contributed by atoms with Gasteiger partial charge in [0.15, 0.2) is 0 Å². The Balaban J connectivity index is 1.62. The molecule has 0 fully saturated rings. The number of anilines is 1. The number of benzene rings is 1. The minimum atomic E-state index is -0.441. The Bertz CT molecular complexity index is 844. The standard InChI is InChI=1S/C16H18FN7O/c1-2-15-22-19-11-23(15)9-7-18-16(25)21-13-10-12(17)4-5-14(13)24-8-3-6-20-24/h3-6,8,10-11H,2,7,9H2,1H3,(H2,18,21,25). The first kappa shape index (κ1) is 16.6. The van der Waals surface area contributed by atoms with Crippen LogP contribution in [-0.4, -0.2) is 37.1 Å². The van der Waals surface area contributed by atoms with E-state index in [4.69, 9.17) is 0 Å². The first-order valence-corrected chi connectivity index (χ1v) is 7.88. The number of halogens is 1. The molecule has 0 atom stereocenters. The van der Waals surface area contributed by atoms with Crippen molar-refractivity contribution in [1.29, 1.82) is 0 Å². The van der Waals surface area contributed by atoms with Gasteiger partial charge < -0.3 is 15.2 Å². The topological polar surface area (TPSA) is 89.7 Å². The molecule has 0 saturated carbocycles. The Morgan fingerprint density at radius 2 is 2.24 bits per heavy atom. The molecule has 0 bridgehead atoms. The van der Waals surface area contributed by atoms with Gasteiger partial charge >= 0.3 is 6.03 Å². The van der Waals surface area contributed by atoms with Crippen molar-refractivity contribution < 1.29 is 9.18 Å². The molecule has 0 radical (unpaired) electrons. The summed E-state index contributed by atoms with van der Waals surface area (Å²) in [5.74, 6) is 0.414. The van der Waals surface area contributed by atoms with Gasteiger partial charge in [0.05, 0.1) is 11.4 Å². The lowest BCUT2D eigenvalue weighted by Crippen LogP contribution is -2.32. The van der Waals surface area contributed by atoms with Crippen LogP contribution >= 0.6 is 0 Å². The molecule has 0 aliphatic rings. The minimum absolute atomic E-state index is 0.333. The fourth-order valence-electron chi connectivity index (χ4n) is 2.42. The number of amides is 2. The van der Waals surface area contributed by atoms with Gasteiger partial charge in [-0.3, -0.25) is 0 Å². The molecule has 130 valence electrons. The number of nitrogens with one attached hydrogen (secondary N) is 2. The maximum atomic E-state index is 13.5. The summed E-state index contributed by atoms with van der Waals surface area (Å²) in [4.78, 5) is 12.1. The van der Waals surface area contributed by atoms with Crippen molar-refractivity contribution in [2.75, 3.05) is 11.9 Å². The molecule has 2 N–H and O–H groups in total. The highest BCUT2D eigenvalue weighted by Gasteiger charge is 2.10. The number of aryl methyl sites for hydroxylation is 1. The van der Waals surface area contributed by atoms with Gasteiger partial charge in [0.25, 0.3) is 0 Å². The molecule has 9 heteroatoms. The molecule has 2 heterocycles. The summed E-state index contributed by atoms with van der Waals surface area (Å²) in [6.07, 6.45) is 5.72. The zero-order chi connectivity index (χ0) is 17.6. The molecule has 0 aliphatic carbocycles. The van der Waals surface area contributed by atoms with E-state index in [1.165, 1.54) is 12.1 Å². The number of carbonyl (C=O) groups excluding carboxylic acids is 1. The van der Waals surface area contributed by atoms with Crippen LogP contribution < -0.4 is 10.6 Å². The van der Waals surface area contributed by atoms with Gasteiger partial charge in [-0.25, -0.2) is 13.9 Å². The van der Waals surface area contributed by atoms with E-state index in [0.29, 0.717) is 24.5 Å². The monoisotopic (exact) mass is 343 g/mol. The lowest BCUT2D eigenvalue weighted by atomic mass is 10.2. The highest BCUT2D eigenvalue weighted by atomic mass is 19.1. The van der Waals surface area contributed by atoms with E-state index in [9.17, 15) is 9.18 Å². The third-order valence-corrected chi connectivity index (χ3v) is 3.61. The largest absolute Gasteiger partial charge is 0.336 e. The predicted octanol–water partition coefficient (Wildman–Crippen LogP) is 1.99. The molecule has 8 nitrogen and oxygen atoms in total. The second-order valence-electron chi connectivity index (χ2n) is 5.29. The molecule has 1 aromatic carbocycles. The Hall–Kier alpha value is -3.23. The van der Waals surface area contributed by atoms with Gasteiger partial charge in [0.2, 0.25) is 0 Å². The van der Waals surface area contributed by atoms with Crippen molar-refractivity contribution in [3.8, 4) is 5.69 Å². The Morgan fingerprint density at radius 3 is 3.00 bits per heavy atom. The predicted molar refractivity (Wildman–Crippen MR) is 89.9 cm³/mol. The number of nitrogens with zero attached hydrogens (tertiary/aromatic N) is 5. The summed E-state index contributed by atoms with van der Waals surface area (Å²) in [7, 11) is 0. The number of aromatic nitrogens is 5. The van der Waals surface area contributed by atoms with Crippen molar-refractivity contribution in [2.45, 2.75) is 19.9 Å². The van der Waals surface area contributed by atoms with E-state index in [0.717, 1.165) is 12.2 Å². The van der Waals surface area contributed by atoms with Crippen molar-refractivity contribution >= 4 is 11.7 Å². The van der Waals surface area contributed by atoms with Crippen LogP contribution in [0.5, 0.6) is 0 Å². The highest BCUT2D eigenvalue weighted by Crippen LogP contribution is 2.20. The van der Waals surface area contributed by atoms with Crippen LogP contribution in [0.1, 0.15) is 12.7 Å². The van der Waals surface area contributed by atoms with Gasteiger partial charge in [-0.1, -0.05) is 6.92 Å². The molecule has 25 heavy (non-hydrogen) atoms. The van der Waals surface area contributed by atoms with E-state index in [-0.39, 0.29) is 0 Å². The number of carbonyl (C=O) groups is 1. The normalized spacial score (nSPS) is 10.6. The van der Waals surface area contributed by atoms with E-state index >= 15 is 0 Å². The summed E-state index contributed by atoms with van der Waals surface area (Å²) < 4.78 is 17.0. The van der Waals surface area contributed by atoms with Gasteiger partial charge in [-0.2, -0.15) is 5.10 Å². The van der Waals surface area contributed by atoms with Crippen LogP contribution in [0, 0.1) is 5.82 Å². The van der Waals surface area contributed by atoms with Crippen molar-refractivity contribution in [3.05, 3.63) is 54.6 Å². The van der Waals surface area contributed by atoms with Crippen LogP contribution in [0.2, 0.25) is 0 Å². The average molecular weight is 343 g/mol. The molecule has 0 saturated heterocycles. The molecule has 0 aliphatic heterocycles. The fourth-order valence-corrected chi connectivity index (χ4v) is 2.42. The molecule has 3 rings (SSSR count). The van der Waals surface area contributed by atoms with Gasteiger partial charge in [-0.05, 0) is 24.3 Å². The average Bonchev–Trinajstić information content (AvgIpc) is 3.26. The first-order valence-electron chi connectivity index (χ1n) is 7.88. The quantitative estimate of drug-likeness (QED) is 0.716. The zero-order valence-corrected chi connectivity index (χ0v) is 13.7. The van der Waals surface area contributed by atoms with Crippen LogP contribution in [0.3, 0.4) is 0 Å². The van der Waals surface area contributed by atoms with Crippen LogP contribution in [0.15, 0.2) is 43.0 Å². The maximum absolute atomic E-state index is 13.5. The molecule has 3 aromatic rings. The van der Waals surface area contributed by atoms with Gasteiger partial charge in [0.1, 0.15) is 18.0 Å². The van der Waals surface area contributed by atoms with Crippen LogP contribution in [-0.2, 0) is 13.0 Å². The van der Waals surface area contributed by atoms with Crippen molar-refractivity contribution in [3.63, 3.8) is 0 Å². The summed E-state index contributed by atoms with van der Waals surface area (Å²) in [5.41, 5.74) is 0.911. The molecule has 0 unspecified atom stereocenters. The number of hydrogen-bond acceptors (Lipinski definition) is 4. The lowest BCUT2D eigenvalue weighted by molar-refractivity contribution is 0.251. The summed E-state index contributed by atoms with van der Waals surface area (Å²) in [5, 5.41) is 17.3. The SMILES string of the molecule is CCc1nncn1CCNC(=O)Nc1cc(F)ccc1-n1cccn1. The molecule has 0 spiro atoms. The van der Waals surface area contributed by atoms with Crippen LogP contribution in [0.25, 0.3) is 5.69 Å². The first-order chi connectivity index (χ1) is 12.2. The molecule has 2 amide bonds. The maximum Gasteiger partial charge on any atom is 0.319 e. The van der Waals surface area contributed by atoms with Crippen molar-refractivity contribution in [1.82, 2.24) is 29.9 Å². The Labute approximate surface area is 143 Å². The van der Waals surface area contributed by atoms with E-state index < -0.39 is 11.8 Å². The number of urea groups is 1. The van der Waals surface area contributed by atoms with E-state index in [2.05, 4.69) is 25.9 Å². The summed E-state index contributed by atoms with van der Waals surface area (Å²) in [6, 6.07) is 5.45. The van der Waals surface area contributed by atoms with Crippen LogP contribution in [0.4, 0.5) is 14.9 Å². The molecule has 2 aromatic heterocycles. The Morgan fingerprint density at radius 1 is 1.36 bits per heavy atom. The number of hydrogen-bond donors (Lipinski definition) is 2. The third-order valence-electron chi connectivity index (χ3n) is 3.61. The van der Waals surface area contributed by atoms with E-state index in [1.54, 1.807) is 35.5 Å². The highest BCUT2D eigenvalue weighted by molar-refractivity contribution is 5.91. The minimum Gasteiger partial charge on any atom is -0.336 e. The summed E-state index contributed by atoms with van der Waals surface area (Å²) in [6.45, 7) is 2.93.